The number of guanidine groups is 1. The number of nitrogens with one attached hydrogen (secondary N) is 2. The highest BCUT2D eigenvalue weighted by Gasteiger charge is 2.19. The van der Waals surface area contributed by atoms with Crippen molar-refractivity contribution in [1.29, 1.82) is 0 Å². The molecule has 0 saturated carbocycles. The fraction of sp³-hybridized carbons (Fsp3) is 0.0952. The summed E-state index contributed by atoms with van der Waals surface area (Å²) in [5.41, 5.74) is 2.04. The predicted molar refractivity (Wildman–Crippen MR) is 120 cm³/mol. The minimum Gasteiger partial charge on any atom is -0.454 e. The topological polar surface area (TPSA) is 45.7 Å². The molecule has 0 aliphatic carbocycles. The molecule has 2 N–H and O–H groups in total. The number of benzene rings is 3. The molecule has 0 bridgehead atoms. The standard InChI is InChI=1S/C21H18ClN3OS2/c1-27-15-7-4-6-14(12-15)13-23-21-24-20-18(10-5-11-19(20)28-25-21)26-17-9-3-2-8-16(17)22/h2-12H,13H2,1H3,(H2,23,24,25). The SMILES string of the molecule is CSc1cccc(CN=C2NSc3cccc(Oc4ccccc4Cl)c3N2)c1. The second-order valence-electron chi connectivity index (χ2n) is 6.01. The van der Waals surface area contributed by atoms with E-state index in [4.69, 9.17) is 16.3 Å². The van der Waals surface area contributed by atoms with Crippen molar-refractivity contribution >= 4 is 47.0 Å². The third-order valence-electron chi connectivity index (χ3n) is 4.10. The van der Waals surface area contributed by atoms with Crippen LogP contribution in [0.2, 0.25) is 5.02 Å². The van der Waals surface area contributed by atoms with Crippen LogP contribution >= 0.6 is 35.3 Å². The lowest BCUT2D eigenvalue weighted by Gasteiger charge is -2.23. The Bertz CT molecular complexity index is 1030. The summed E-state index contributed by atoms with van der Waals surface area (Å²) in [5.74, 6) is 2.02. The van der Waals surface area contributed by atoms with Gasteiger partial charge in [-0.3, -0.25) is 4.72 Å². The highest BCUT2D eigenvalue weighted by molar-refractivity contribution is 7.98. The predicted octanol–water partition coefficient (Wildman–Crippen LogP) is 6.43. The second-order valence-corrected chi connectivity index (χ2v) is 8.14. The molecule has 1 heterocycles. The summed E-state index contributed by atoms with van der Waals surface area (Å²) in [4.78, 5) is 6.94. The van der Waals surface area contributed by atoms with Crippen LogP contribution in [-0.2, 0) is 6.54 Å². The number of thioether (sulfide) groups is 1. The van der Waals surface area contributed by atoms with E-state index in [-0.39, 0.29) is 0 Å². The number of para-hydroxylation sites is 2. The first-order chi connectivity index (χ1) is 13.7. The molecule has 4 rings (SSSR count). The molecule has 0 saturated heterocycles. The largest absolute Gasteiger partial charge is 0.454 e. The molecule has 1 aliphatic heterocycles. The van der Waals surface area contributed by atoms with Crippen molar-refractivity contribution < 1.29 is 4.74 Å². The maximum absolute atomic E-state index is 6.24. The lowest BCUT2D eigenvalue weighted by atomic mass is 10.2. The van der Waals surface area contributed by atoms with Crippen molar-refractivity contribution in [3.63, 3.8) is 0 Å². The second kappa shape index (κ2) is 8.82. The fourth-order valence-electron chi connectivity index (χ4n) is 2.71. The Hall–Kier alpha value is -2.28. The Kier molecular flexibility index (Phi) is 6.00. The average Bonchev–Trinajstić information content (AvgIpc) is 2.74. The summed E-state index contributed by atoms with van der Waals surface area (Å²) in [6.45, 7) is 0.590. The summed E-state index contributed by atoms with van der Waals surface area (Å²) in [5, 5.41) is 3.92. The van der Waals surface area contributed by atoms with Crippen molar-refractivity contribution in [1.82, 2.24) is 4.72 Å². The Morgan fingerprint density at radius 1 is 1.04 bits per heavy atom. The number of hydrogen-bond donors (Lipinski definition) is 2. The van der Waals surface area contributed by atoms with Crippen molar-refractivity contribution in [2.24, 2.45) is 4.99 Å². The van der Waals surface area contributed by atoms with E-state index in [0.717, 1.165) is 10.6 Å². The van der Waals surface area contributed by atoms with Crippen molar-refractivity contribution in [3.05, 3.63) is 77.3 Å². The van der Waals surface area contributed by atoms with E-state index in [1.54, 1.807) is 11.8 Å². The molecule has 0 unspecified atom stereocenters. The molecular formula is C21H18ClN3OS2. The first-order valence-electron chi connectivity index (χ1n) is 8.65. The summed E-state index contributed by atoms with van der Waals surface area (Å²) in [6.07, 6.45) is 2.07. The molecule has 0 atom stereocenters. The van der Waals surface area contributed by atoms with Crippen LogP contribution in [0.25, 0.3) is 0 Å². The summed E-state index contributed by atoms with van der Waals surface area (Å²) >= 11 is 9.48. The van der Waals surface area contributed by atoms with Crippen LogP contribution in [0.1, 0.15) is 5.56 Å². The Morgan fingerprint density at radius 2 is 1.86 bits per heavy atom. The van der Waals surface area contributed by atoms with E-state index >= 15 is 0 Å². The number of hydrogen-bond acceptors (Lipinski definition) is 4. The number of anilines is 1. The summed E-state index contributed by atoms with van der Waals surface area (Å²) in [7, 11) is 0. The fourth-order valence-corrected chi connectivity index (χ4v) is 4.09. The molecule has 3 aromatic rings. The van der Waals surface area contributed by atoms with Crippen LogP contribution in [-0.4, -0.2) is 12.2 Å². The zero-order valence-electron chi connectivity index (χ0n) is 15.1. The van der Waals surface area contributed by atoms with Crippen molar-refractivity contribution in [2.75, 3.05) is 11.6 Å². The molecule has 1 aliphatic rings. The van der Waals surface area contributed by atoms with Gasteiger partial charge in [0.05, 0.1) is 22.2 Å². The summed E-state index contributed by atoms with van der Waals surface area (Å²) in [6, 6.07) is 21.7. The van der Waals surface area contributed by atoms with E-state index in [9.17, 15) is 0 Å². The number of rotatable bonds is 5. The van der Waals surface area contributed by atoms with Gasteiger partial charge in [-0.15, -0.1) is 11.8 Å². The molecule has 4 nitrogen and oxygen atoms in total. The van der Waals surface area contributed by atoms with E-state index < -0.39 is 0 Å². The van der Waals surface area contributed by atoms with Gasteiger partial charge in [0, 0.05) is 4.90 Å². The third-order valence-corrected chi connectivity index (χ3v) is 5.99. The molecule has 0 spiro atoms. The van der Waals surface area contributed by atoms with Gasteiger partial charge in [-0.1, -0.05) is 41.9 Å². The van der Waals surface area contributed by atoms with Gasteiger partial charge in [0.1, 0.15) is 5.75 Å². The molecule has 7 heteroatoms. The van der Waals surface area contributed by atoms with Crippen LogP contribution in [0.3, 0.4) is 0 Å². The smallest absolute Gasteiger partial charge is 0.206 e. The van der Waals surface area contributed by atoms with Gasteiger partial charge < -0.3 is 10.1 Å². The lowest BCUT2D eigenvalue weighted by molar-refractivity contribution is 0.484. The van der Waals surface area contributed by atoms with Gasteiger partial charge >= 0.3 is 0 Å². The minimum absolute atomic E-state index is 0.573. The average molecular weight is 428 g/mol. The molecule has 0 aromatic heterocycles. The van der Waals surface area contributed by atoms with Gasteiger partial charge in [0.15, 0.2) is 5.75 Å². The van der Waals surface area contributed by atoms with Crippen LogP contribution in [0, 0.1) is 0 Å². The van der Waals surface area contributed by atoms with E-state index in [0.29, 0.717) is 29.0 Å². The minimum atomic E-state index is 0.573. The normalized spacial score (nSPS) is 14.1. The number of ether oxygens (including phenoxy) is 1. The van der Waals surface area contributed by atoms with Gasteiger partial charge in [0.25, 0.3) is 0 Å². The van der Waals surface area contributed by atoms with E-state index in [1.807, 2.05) is 42.5 Å². The number of nitrogens with zero attached hydrogens (tertiary/aromatic N) is 1. The molecule has 0 fully saturated rings. The van der Waals surface area contributed by atoms with Crippen molar-refractivity contribution in [3.8, 4) is 11.5 Å². The lowest BCUT2D eigenvalue weighted by Crippen LogP contribution is -2.29. The van der Waals surface area contributed by atoms with E-state index in [1.165, 1.54) is 22.4 Å². The number of fused-ring (bicyclic) bond motifs is 1. The monoisotopic (exact) mass is 427 g/mol. The van der Waals surface area contributed by atoms with Gasteiger partial charge in [-0.05, 0) is 60.2 Å². The van der Waals surface area contributed by atoms with Crippen LogP contribution < -0.4 is 14.8 Å². The molecule has 0 radical (unpaired) electrons. The molecule has 142 valence electrons. The number of halogens is 1. The number of aliphatic imine (C=N–C) groups is 1. The first kappa shape index (κ1) is 19.1. The first-order valence-corrected chi connectivity index (χ1v) is 11.1. The Balaban J connectivity index is 1.55. The van der Waals surface area contributed by atoms with Crippen molar-refractivity contribution in [2.45, 2.75) is 16.3 Å². The van der Waals surface area contributed by atoms with Crippen LogP contribution in [0.15, 0.2) is 81.5 Å². The third kappa shape index (κ3) is 4.41. The quantitative estimate of drug-likeness (QED) is 0.362. The molecular weight excluding hydrogens is 410 g/mol. The highest BCUT2D eigenvalue weighted by Crippen LogP contribution is 2.40. The van der Waals surface area contributed by atoms with Gasteiger partial charge in [-0.2, -0.15) is 0 Å². The molecule has 3 aromatic carbocycles. The van der Waals surface area contributed by atoms with Gasteiger partial charge in [0.2, 0.25) is 5.96 Å². The maximum Gasteiger partial charge on any atom is 0.206 e. The molecule has 28 heavy (non-hydrogen) atoms. The summed E-state index contributed by atoms with van der Waals surface area (Å²) < 4.78 is 9.30. The van der Waals surface area contributed by atoms with E-state index in [2.05, 4.69) is 45.6 Å². The zero-order valence-corrected chi connectivity index (χ0v) is 17.5. The van der Waals surface area contributed by atoms with Gasteiger partial charge in [-0.25, -0.2) is 4.99 Å². The maximum atomic E-state index is 6.24. The van der Waals surface area contributed by atoms with Crippen LogP contribution in [0.5, 0.6) is 11.5 Å². The Labute approximate surface area is 177 Å². The Morgan fingerprint density at radius 3 is 2.71 bits per heavy atom. The highest BCUT2D eigenvalue weighted by atomic mass is 35.5. The molecule has 0 amide bonds. The zero-order chi connectivity index (χ0) is 19.3. The van der Waals surface area contributed by atoms with Crippen LogP contribution in [0.4, 0.5) is 5.69 Å².